The van der Waals surface area contributed by atoms with Crippen molar-refractivity contribution in [2.45, 2.75) is 6.92 Å². The summed E-state index contributed by atoms with van der Waals surface area (Å²) in [4.78, 5) is 4.47. The second-order valence-corrected chi connectivity index (χ2v) is 4.98. The van der Waals surface area contributed by atoms with E-state index in [1.807, 2.05) is 49.4 Å². The molecule has 0 bridgehead atoms. The van der Waals surface area contributed by atoms with Crippen molar-refractivity contribution in [1.29, 1.82) is 0 Å². The van der Waals surface area contributed by atoms with Gasteiger partial charge in [0.2, 0.25) is 0 Å². The molecule has 0 unspecified atom stereocenters. The predicted octanol–water partition coefficient (Wildman–Crippen LogP) is 4.57. The van der Waals surface area contributed by atoms with Crippen LogP contribution in [-0.4, -0.2) is 4.98 Å². The molecule has 20 heavy (non-hydrogen) atoms. The molecule has 2 N–H and O–H groups in total. The average Bonchev–Trinajstić information content (AvgIpc) is 2.42. The Kier molecular flexibility index (Phi) is 3.20. The first-order valence-corrected chi connectivity index (χ1v) is 6.60. The van der Waals surface area contributed by atoms with E-state index in [4.69, 9.17) is 22.1 Å². The minimum absolute atomic E-state index is 0.569. The zero-order chi connectivity index (χ0) is 14.1. The molecule has 0 amide bonds. The molecule has 4 heteroatoms. The van der Waals surface area contributed by atoms with Gasteiger partial charge in [0, 0.05) is 22.8 Å². The van der Waals surface area contributed by atoms with Crippen molar-refractivity contribution < 1.29 is 4.74 Å². The molecule has 3 aromatic rings. The van der Waals surface area contributed by atoms with Crippen LogP contribution >= 0.6 is 11.6 Å². The van der Waals surface area contributed by atoms with E-state index in [1.165, 1.54) is 0 Å². The molecule has 0 aliphatic rings. The van der Waals surface area contributed by atoms with Crippen LogP contribution in [0.2, 0.25) is 5.02 Å². The van der Waals surface area contributed by atoms with E-state index in [9.17, 15) is 0 Å². The van der Waals surface area contributed by atoms with Gasteiger partial charge in [0.05, 0.1) is 10.5 Å². The lowest BCUT2D eigenvalue weighted by molar-refractivity contribution is 0.487. The quantitative estimate of drug-likeness (QED) is 0.701. The van der Waals surface area contributed by atoms with Crippen molar-refractivity contribution >= 4 is 28.2 Å². The van der Waals surface area contributed by atoms with Crippen molar-refractivity contribution in [1.82, 2.24) is 4.98 Å². The normalized spacial score (nSPS) is 10.7. The summed E-state index contributed by atoms with van der Waals surface area (Å²) in [6.45, 7) is 1.93. The number of anilines is 1. The molecule has 0 aliphatic carbocycles. The summed E-state index contributed by atoms with van der Waals surface area (Å²) in [6.07, 6.45) is 0. The number of aryl methyl sites for hydroxylation is 1. The van der Waals surface area contributed by atoms with Crippen LogP contribution in [0.4, 0.5) is 5.69 Å². The molecule has 0 spiro atoms. The topological polar surface area (TPSA) is 48.1 Å². The summed E-state index contributed by atoms with van der Waals surface area (Å²) in [5, 5.41) is 1.44. The van der Waals surface area contributed by atoms with Crippen molar-refractivity contribution in [2.24, 2.45) is 0 Å². The Labute approximate surface area is 122 Å². The van der Waals surface area contributed by atoms with Crippen LogP contribution in [0, 0.1) is 6.92 Å². The highest BCUT2D eigenvalue weighted by atomic mass is 35.5. The van der Waals surface area contributed by atoms with E-state index in [0.29, 0.717) is 22.2 Å². The van der Waals surface area contributed by atoms with Gasteiger partial charge in [-0.2, -0.15) is 0 Å². The van der Waals surface area contributed by atoms with Crippen molar-refractivity contribution in [3.63, 3.8) is 0 Å². The molecule has 3 rings (SSSR count). The number of hydrogen-bond donors (Lipinski definition) is 1. The number of aromatic nitrogens is 1. The van der Waals surface area contributed by atoms with Gasteiger partial charge in [-0.15, -0.1) is 0 Å². The van der Waals surface area contributed by atoms with Crippen LogP contribution in [0.15, 0.2) is 48.5 Å². The summed E-state index contributed by atoms with van der Waals surface area (Å²) in [5.41, 5.74) is 8.25. The highest BCUT2D eigenvalue weighted by Crippen LogP contribution is 2.34. The molecule has 1 aromatic heterocycles. The number of nitrogen functional groups attached to an aromatic ring is 1. The molecular weight excluding hydrogens is 272 g/mol. The van der Waals surface area contributed by atoms with Gasteiger partial charge >= 0.3 is 0 Å². The van der Waals surface area contributed by atoms with Crippen LogP contribution in [-0.2, 0) is 0 Å². The smallest absolute Gasteiger partial charge is 0.146 e. The summed E-state index contributed by atoms with van der Waals surface area (Å²) >= 11 is 6.13. The van der Waals surface area contributed by atoms with E-state index in [-0.39, 0.29) is 0 Å². The standard InChI is InChI=1S/C16H13ClN2O/c1-10-8-16(20-15-5-3-2-4-13(15)17)12-9-11(18)6-7-14(12)19-10/h2-9H,18H2,1H3. The lowest BCUT2D eigenvalue weighted by atomic mass is 10.1. The van der Waals surface area contributed by atoms with Crippen molar-refractivity contribution in [2.75, 3.05) is 5.73 Å². The van der Waals surface area contributed by atoms with Crippen LogP contribution in [0.1, 0.15) is 5.69 Å². The fourth-order valence-corrected chi connectivity index (χ4v) is 2.24. The van der Waals surface area contributed by atoms with E-state index in [1.54, 1.807) is 6.07 Å². The number of benzene rings is 2. The molecular formula is C16H13ClN2O. The maximum Gasteiger partial charge on any atom is 0.146 e. The monoisotopic (exact) mass is 284 g/mol. The van der Waals surface area contributed by atoms with E-state index < -0.39 is 0 Å². The average molecular weight is 285 g/mol. The van der Waals surface area contributed by atoms with Gasteiger partial charge in [-0.1, -0.05) is 23.7 Å². The van der Waals surface area contributed by atoms with Gasteiger partial charge in [0.1, 0.15) is 11.5 Å². The maximum absolute atomic E-state index is 6.13. The number of ether oxygens (including phenoxy) is 1. The molecule has 0 aliphatic heterocycles. The molecule has 0 saturated carbocycles. The fraction of sp³-hybridized carbons (Fsp3) is 0.0625. The van der Waals surface area contributed by atoms with Gasteiger partial charge in [-0.25, -0.2) is 0 Å². The summed E-state index contributed by atoms with van der Waals surface area (Å²) in [5.74, 6) is 1.32. The Bertz CT molecular complexity index is 787. The number of halogens is 1. The fourth-order valence-electron chi connectivity index (χ4n) is 2.07. The van der Waals surface area contributed by atoms with Crippen LogP contribution in [0.5, 0.6) is 11.5 Å². The number of hydrogen-bond acceptors (Lipinski definition) is 3. The van der Waals surface area contributed by atoms with Crippen LogP contribution in [0.25, 0.3) is 10.9 Å². The van der Waals surface area contributed by atoms with Crippen LogP contribution in [0.3, 0.4) is 0 Å². The van der Waals surface area contributed by atoms with Gasteiger partial charge in [0.15, 0.2) is 0 Å². The third-order valence-electron chi connectivity index (χ3n) is 2.98. The van der Waals surface area contributed by atoms with Crippen LogP contribution < -0.4 is 10.5 Å². The Morgan fingerprint density at radius 3 is 2.65 bits per heavy atom. The zero-order valence-electron chi connectivity index (χ0n) is 10.9. The molecule has 2 aromatic carbocycles. The largest absolute Gasteiger partial charge is 0.455 e. The predicted molar refractivity (Wildman–Crippen MR) is 82.4 cm³/mol. The molecule has 100 valence electrons. The van der Waals surface area contributed by atoms with Crippen molar-refractivity contribution in [3.05, 3.63) is 59.2 Å². The summed E-state index contributed by atoms with van der Waals surface area (Å²) in [6, 6.07) is 14.8. The molecule has 3 nitrogen and oxygen atoms in total. The van der Waals surface area contributed by atoms with E-state index >= 15 is 0 Å². The summed E-state index contributed by atoms with van der Waals surface area (Å²) < 4.78 is 5.93. The van der Waals surface area contributed by atoms with E-state index in [0.717, 1.165) is 16.6 Å². The molecule has 0 atom stereocenters. The SMILES string of the molecule is Cc1cc(Oc2ccccc2Cl)c2cc(N)ccc2n1. The third-order valence-corrected chi connectivity index (χ3v) is 3.29. The van der Waals surface area contributed by atoms with E-state index in [2.05, 4.69) is 4.98 Å². The number of para-hydroxylation sites is 1. The number of nitrogens with two attached hydrogens (primary N) is 1. The zero-order valence-corrected chi connectivity index (χ0v) is 11.7. The Morgan fingerprint density at radius 2 is 1.85 bits per heavy atom. The minimum atomic E-state index is 0.569. The number of nitrogens with zero attached hydrogens (tertiary/aromatic N) is 1. The highest BCUT2D eigenvalue weighted by molar-refractivity contribution is 6.32. The first-order chi connectivity index (χ1) is 9.63. The molecule has 1 heterocycles. The number of pyridine rings is 1. The van der Waals surface area contributed by atoms with Gasteiger partial charge in [-0.05, 0) is 37.3 Å². The highest BCUT2D eigenvalue weighted by Gasteiger charge is 2.08. The Balaban J connectivity index is 2.15. The lowest BCUT2D eigenvalue weighted by Crippen LogP contribution is -1.92. The molecule has 0 fully saturated rings. The van der Waals surface area contributed by atoms with Gasteiger partial charge < -0.3 is 10.5 Å². The number of rotatable bonds is 2. The van der Waals surface area contributed by atoms with Gasteiger partial charge in [0.25, 0.3) is 0 Å². The maximum atomic E-state index is 6.13. The van der Waals surface area contributed by atoms with Crippen molar-refractivity contribution in [3.8, 4) is 11.5 Å². The first-order valence-electron chi connectivity index (χ1n) is 6.23. The summed E-state index contributed by atoms with van der Waals surface area (Å²) in [7, 11) is 0. The first kappa shape index (κ1) is 12.8. The minimum Gasteiger partial charge on any atom is -0.455 e. The Morgan fingerprint density at radius 1 is 1.05 bits per heavy atom. The number of fused-ring (bicyclic) bond motifs is 1. The van der Waals surface area contributed by atoms with Gasteiger partial charge in [-0.3, -0.25) is 4.98 Å². The Hall–Kier alpha value is -2.26. The lowest BCUT2D eigenvalue weighted by Gasteiger charge is -2.11. The molecule has 0 saturated heterocycles. The molecule has 0 radical (unpaired) electrons. The third kappa shape index (κ3) is 2.40. The second-order valence-electron chi connectivity index (χ2n) is 4.57. The second kappa shape index (κ2) is 5.02.